The lowest BCUT2D eigenvalue weighted by atomic mass is 10.1. The van der Waals surface area contributed by atoms with E-state index in [0.717, 1.165) is 21.8 Å². The summed E-state index contributed by atoms with van der Waals surface area (Å²) in [5, 5.41) is 2.02. The molecule has 0 N–H and O–H groups in total. The molecule has 0 aliphatic rings. The number of amides is 1. The maximum atomic E-state index is 13.4. The van der Waals surface area contributed by atoms with Crippen LogP contribution in [0, 0.1) is 6.92 Å². The average Bonchev–Trinajstić information content (AvgIpc) is 3.43. The molecular formula is C23H23N3O3S. The van der Waals surface area contributed by atoms with E-state index < -0.39 is 0 Å². The zero-order valence-electron chi connectivity index (χ0n) is 17.2. The summed E-state index contributed by atoms with van der Waals surface area (Å²) in [7, 11) is 3.21. The lowest BCUT2D eigenvalue weighted by Gasteiger charge is -2.22. The van der Waals surface area contributed by atoms with Gasteiger partial charge in [0.25, 0.3) is 5.91 Å². The van der Waals surface area contributed by atoms with Gasteiger partial charge in [-0.25, -0.2) is 4.98 Å². The van der Waals surface area contributed by atoms with E-state index in [2.05, 4.69) is 4.98 Å². The van der Waals surface area contributed by atoms with Gasteiger partial charge in [-0.2, -0.15) is 0 Å². The van der Waals surface area contributed by atoms with Crippen molar-refractivity contribution in [3.05, 3.63) is 81.9 Å². The first kappa shape index (κ1) is 20.0. The number of pyridine rings is 1. The molecule has 0 saturated carbocycles. The molecule has 7 heteroatoms. The second kappa shape index (κ2) is 8.59. The number of nitrogens with zero attached hydrogens (tertiary/aromatic N) is 3. The van der Waals surface area contributed by atoms with E-state index in [0.29, 0.717) is 30.3 Å². The third-order valence-corrected chi connectivity index (χ3v) is 5.81. The van der Waals surface area contributed by atoms with Crippen molar-refractivity contribution in [3.63, 3.8) is 0 Å². The number of carbonyl (C=O) groups is 1. The van der Waals surface area contributed by atoms with E-state index in [4.69, 9.17) is 9.47 Å². The van der Waals surface area contributed by atoms with Crippen molar-refractivity contribution < 1.29 is 14.3 Å². The van der Waals surface area contributed by atoms with Gasteiger partial charge >= 0.3 is 0 Å². The highest BCUT2D eigenvalue weighted by molar-refractivity contribution is 7.09. The number of rotatable bonds is 7. The molecule has 0 aliphatic carbocycles. The van der Waals surface area contributed by atoms with Crippen molar-refractivity contribution in [3.8, 4) is 11.5 Å². The molecule has 30 heavy (non-hydrogen) atoms. The molecule has 3 aromatic heterocycles. The largest absolute Gasteiger partial charge is 0.493 e. The van der Waals surface area contributed by atoms with Gasteiger partial charge in [0.2, 0.25) is 0 Å². The van der Waals surface area contributed by atoms with Crippen LogP contribution in [-0.4, -0.2) is 34.4 Å². The van der Waals surface area contributed by atoms with Gasteiger partial charge in [-0.15, -0.1) is 11.3 Å². The Kier molecular flexibility index (Phi) is 5.72. The number of imidazole rings is 1. The highest BCUT2D eigenvalue weighted by Gasteiger charge is 2.21. The van der Waals surface area contributed by atoms with Crippen molar-refractivity contribution in [2.24, 2.45) is 0 Å². The number of aromatic nitrogens is 2. The standard InChI is InChI=1S/C23H23N3O3S/c1-16-6-4-8-22-24-19(15-26(16)22)23(27)25(14-18-7-5-11-30-18)13-17-9-10-20(28-2)21(12-17)29-3/h4-12,15H,13-14H2,1-3H3. The third kappa shape index (κ3) is 4.02. The van der Waals surface area contributed by atoms with Crippen LogP contribution in [0.5, 0.6) is 11.5 Å². The van der Waals surface area contributed by atoms with Crippen molar-refractivity contribution in [1.82, 2.24) is 14.3 Å². The van der Waals surface area contributed by atoms with E-state index in [-0.39, 0.29) is 5.91 Å². The molecule has 3 heterocycles. The van der Waals surface area contributed by atoms with Crippen LogP contribution >= 0.6 is 11.3 Å². The predicted octanol–water partition coefficient (Wildman–Crippen LogP) is 4.56. The molecule has 0 spiro atoms. The molecule has 0 aliphatic heterocycles. The SMILES string of the molecule is COc1ccc(CN(Cc2cccs2)C(=O)c2cn3c(C)cccc3n2)cc1OC. The highest BCUT2D eigenvalue weighted by atomic mass is 32.1. The summed E-state index contributed by atoms with van der Waals surface area (Å²) >= 11 is 1.63. The Morgan fingerprint density at radius 2 is 1.90 bits per heavy atom. The zero-order valence-corrected chi connectivity index (χ0v) is 18.0. The molecule has 4 rings (SSSR count). The van der Waals surface area contributed by atoms with Gasteiger partial charge in [0.05, 0.1) is 20.8 Å². The van der Waals surface area contributed by atoms with E-state index in [1.165, 1.54) is 0 Å². The molecule has 0 unspecified atom stereocenters. The maximum Gasteiger partial charge on any atom is 0.274 e. The van der Waals surface area contributed by atoms with Crippen LogP contribution in [0.3, 0.4) is 0 Å². The van der Waals surface area contributed by atoms with Crippen molar-refractivity contribution in [1.29, 1.82) is 0 Å². The Bertz CT molecular complexity index is 1170. The normalized spacial score (nSPS) is 10.9. The monoisotopic (exact) mass is 421 g/mol. The summed E-state index contributed by atoms with van der Waals surface area (Å²) in [4.78, 5) is 20.9. The van der Waals surface area contributed by atoms with Crippen LogP contribution in [-0.2, 0) is 13.1 Å². The van der Waals surface area contributed by atoms with Gasteiger partial charge in [-0.1, -0.05) is 18.2 Å². The van der Waals surface area contributed by atoms with Crippen LogP contribution in [0.2, 0.25) is 0 Å². The maximum absolute atomic E-state index is 13.4. The predicted molar refractivity (Wildman–Crippen MR) is 117 cm³/mol. The topological polar surface area (TPSA) is 56.1 Å². The van der Waals surface area contributed by atoms with E-state index in [9.17, 15) is 4.79 Å². The lowest BCUT2D eigenvalue weighted by Crippen LogP contribution is -2.30. The van der Waals surface area contributed by atoms with Gasteiger partial charge in [0, 0.05) is 23.3 Å². The van der Waals surface area contributed by atoms with E-state index >= 15 is 0 Å². The van der Waals surface area contributed by atoms with E-state index in [1.807, 2.05) is 76.3 Å². The summed E-state index contributed by atoms with van der Waals surface area (Å²) in [5.41, 5.74) is 3.18. The van der Waals surface area contributed by atoms with Crippen LogP contribution in [0.25, 0.3) is 5.65 Å². The van der Waals surface area contributed by atoms with Crippen molar-refractivity contribution in [2.75, 3.05) is 14.2 Å². The fraction of sp³-hybridized carbons (Fsp3) is 0.217. The molecule has 0 saturated heterocycles. The fourth-order valence-corrected chi connectivity index (χ4v) is 4.12. The van der Waals surface area contributed by atoms with Gasteiger partial charge in [0.1, 0.15) is 11.3 Å². The fourth-order valence-electron chi connectivity index (χ4n) is 3.40. The summed E-state index contributed by atoms with van der Waals surface area (Å²) < 4.78 is 12.7. The zero-order chi connectivity index (χ0) is 21.1. The van der Waals surface area contributed by atoms with Gasteiger partial charge in [-0.05, 0) is 48.2 Å². The second-order valence-corrected chi connectivity index (χ2v) is 7.98. The van der Waals surface area contributed by atoms with Gasteiger partial charge in [0.15, 0.2) is 11.5 Å². The second-order valence-electron chi connectivity index (χ2n) is 6.95. The Morgan fingerprint density at radius 3 is 2.60 bits per heavy atom. The average molecular weight is 422 g/mol. The smallest absolute Gasteiger partial charge is 0.274 e. The number of hydrogen-bond donors (Lipinski definition) is 0. The molecule has 0 radical (unpaired) electrons. The van der Waals surface area contributed by atoms with Crippen LogP contribution in [0.4, 0.5) is 0 Å². The first-order valence-electron chi connectivity index (χ1n) is 9.56. The molecule has 0 fully saturated rings. The highest BCUT2D eigenvalue weighted by Crippen LogP contribution is 2.28. The minimum Gasteiger partial charge on any atom is -0.493 e. The summed E-state index contributed by atoms with van der Waals surface area (Å²) in [6.45, 7) is 2.94. The number of carbonyl (C=O) groups excluding carboxylic acids is 1. The number of aryl methyl sites for hydroxylation is 1. The number of thiophene rings is 1. The van der Waals surface area contributed by atoms with Crippen molar-refractivity contribution in [2.45, 2.75) is 20.0 Å². The first-order valence-corrected chi connectivity index (χ1v) is 10.4. The lowest BCUT2D eigenvalue weighted by molar-refractivity contribution is 0.0726. The number of benzene rings is 1. The Labute approximate surface area is 179 Å². The van der Waals surface area contributed by atoms with Gasteiger partial charge < -0.3 is 18.8 Å². The number of hydrogen-bond acceptors (Lipinski definition) is 5. The molecule has 154 valence electrons. The molecule has 0 atom stereocenters. The summed E-state index contributed by atoms with van der Waals surface area (Å²) in [6.07, 6.45) is 1.81. The van der Waals surface area contributed by atoms with Crippen LogP contribution in [0.1, 0.15) is 26.6 Å². The van der Waals surface area contributed by atoms with E-state index in [1.54, 1.807) is 25.6 Å². The minimum absolute atomic E-state index is 0.110. The summed E-state index contributed by atoms with van der Waals surface area (Å²) in [5.74, 6) is 1.19. The quantitative estimate of drug-likeness (QED) is 0.439. The number of methoxy groups -OCH3 is 2. The summed E-state index contributed by atoms with van der Waals surface area (Å²) in [6, 6.07) is 15.6. The van der Waals surface area contributed by atoms with Gasteiger partial charge in [-0.3, -0.25) is 4.79 Å². The number of ether oxygens (including phenoxy) is 2. The third-order valence-electron chi connectivity index (χ3n) is 4.95. The molecule has 0 bridgehead atoms. The Morgan fingerprint density at radius 1 is 1.07 bits per heavy atom. The molecular weight excluding hydrogens is 398 g/mol. The first-order chi connectivity index (χ1) is 14.6. The minimum atomic E-state index is -0.110. The van der Waals surface area contributed by atoms with Crippen molar-refractivity contribution >= 4 is 22.9 Å². The molecule has 6 nitrogen and oxygen atoms in total. The van der Waals surface area contributed by atoms with Crippen LogP contribution in [0.15, 0.2) is 60.1 Å². The molecule has 1 aromatic carbocycles. The molecule has 4 aromatic rings. The molecule has 1 amide bonds. The Balaban J connectivity index is 1.66. The van der Waals surface area contributed by atoms with Crippen LogP contribution < -0.4 is 9.47 Å². The number of fused-ring (bicyclic) bond motifs is 1. The Hall–Kier alpha value is -3.32.